The Morgan fingerprint density at radius 1 is 0.536 bits per heavy atom. The zero-order chi connectivity index (χ0) is 17.9. The summed E-state index contributed by atoms with van der Waals surface area (Å²) in [5, 5.41) is 0. The largest absolute Gasteiger partial charge is 0.399 e. The molecule has 28 heavy (non-hydrogen) atoms. The molecule has 2 aromatic carbocycles. The highest BCUT2D eigenvalue weighted by Gasteiger charge is 2.15. The molecule has 0 amide bonds. The molecule has 4 aromatic rings. The maximum atomic E-state index is 5.88. The van der Waals surface area contributed by atoms with E-state index in [4.69, 9.17) is 11.5 Å². The first kappa shape index (κ1) is 21.2. The van der Waals surface area contributed by atoms with Crippen LogP contribution in [0.15, 0.2) is 85.3 Å². The lowest BCUT2D eigenvalue weighted by Gasteiger charge is -2.15. The zero-order valence-corrected chi connectivity index (χ0v) is 16.6. The van der Waals surface area contributed by atoms with Crippen LogP contribution in [0.25, 0.3) is 33.5 Å². The third-order valence-electron chi connectivity index (χ3n) is 4.33. The van der Waals surface area contributed by atoms with Crippen LogP contribution in [0.1, 0.15) is 0 Å². The van der Waals surface area contributed by atoms with Gasteiger partial charge in [-0.15, -0.1) is 24.8 Å². The normalized spacial score (nSPS) is 9.86. The number of rotatable bonds is 3. The molecule has 0 atom stereocenters. The Labute approximate surface area is 176 Å². The topological polar surface area (TPSA) is 77.8 Å². The van der Waals surface area contributed by atoms with E-state index in [2.05, 4.69) is 9.97 Å². The van der Waals surface area contributed by atoms with Crippen LogP contribution < -0.4 is 11.5 Å². The molecule has 6 heteroatoms. The quantitative estimate of drug-likeness (QED) is 0.437. The first-order chi connectivity index (χ1) is 12.7. The van der Waals surface area contributed by atoms with E-state index in [1.54, 1.807) is 12.4 Å². The minimum absolute atomic E-state index is 0. The van der Waals surface area contributed by atoms with E-state index in [0.717, 1.165) is 44.9 Å². The fraction of sp³-hybridized carbons (Fsp3) is 0. The SMILES string of the molecule is Cl.Cl.Nc1ccc(-c2nccc(-c3ccncc3)c2-c2ccc(N)cc2)cc1. The predicted molar refractivity (Wildman–Crippen MR) is 122 cm³/mol. The lowest BCUT2D eigenvalue weighted by molar-refractivity contribution is 1.31. The van der Waals surface area contributed by atoms with Gasteiger partial charge >= 0.3 is 0 Å². The summed E-state index contributed by atoms with van der Waals surface area (Å²) >= 11 is 0. The number of nitrogens with two attached hydrogens (primary N) is 2. The maximum Gasteiger partial charge on any atom is 0.0786 e. The van der Waals surface area contributed by atoms with Crippen LogP contribution in [0.5, 0.6) is 0 Å². The molecule has 0 bridgehead atoms. The van der Waals surface area contributed by atoms with Crippen molar-refractivity contribution < 1.29 is 0 Å². The Bertz CT molecular complexity index is 1030. The van der Waals surface area contributed by atoms with Gasteiger partial charge in [0, 0.05) is 41.1 Å². The summed E-state index contributed by atoms with van der Waals surface area (Å²) in [6, 6.07) is 21.7. The molecule has 0 aliphatic carbocycles. The van der Waals surface area contributed by atoms with Gasteiger partial charge in [0.25, 0.3) is 0 Å². The van der Waals surface area contributed by atoms with E-state index in [1.807, 2.05) is 72.9 Å². The van der Waals surface area contributed by atoms with Gasteiger partial charge in [0.15, 0.2) is 0 Å². The summed E-state index contributed by atoms with van der Waals surface area (Å²) in [7, 11) is 0. The first-order valence-corrected chi connectivity index (χ1v) is 8.33. The third-order valence-corrected chi connectivity index (χ3v) is 4.33. The van der Waals surface area contributed by atoms with Crippen LogP contribution in [0.2, 0.25) is 0 Å². The summed E-state index contributed by atoms with van der Waals surface area (Å²) < 4.78 is 0. The second kappa shape index (κ2) is 9.22. The number of anilines is 2. The third kappa shape index (κ3) is 4.25. The van der Waals surface area contributed by atoms with Crippen molar-refractivity contribution in [2.45, 2.75) is 0 Å². The van der Waals surface area contributed by atoms with Crippen molar-refractivity contribution >= 4 is 36.2 Å². The Hall–Kier alpha value is -3.08. The second-order valence-corrected chi connectivity index (χ2v) is 6.06. The number of nitrogens with zero attached hydrogens (tertiary/aromatic N) is 2. The van der Waals surface area contributed by atoms with E-state index in [-0.39, 0.29) is 24.8 Å². The highest BCUT2D eigenvalue weighted by Crippen LogP contribution is 2.38. The number of nitrogen functional groups attached to an aromatic ring is 2. The molecular formula is C22H20Cl2N4. The fourth-order valence-corrected chi connectivity index (χ4v) is 3.04. The Morgan fingerprint density at radius 3 is 1.64 bits per heavy atom. The highest BCUT2D eigenvalue weighted by molar-refractivity contribution is 5.92. The number of aromatic nitrogens is 2. The molecule has 2 heterocycles. The molecule has 142 valence electrons. The lowest BCUT2D eigenvalue weighted by Crippen LogP contribution is -1.94. The van der Waals surface area contributed by atoms with E-state index in [0.29, 0.717) is 0 Å². The maximum absolute atomic E-state index is 5.88. The Kier molecular flexibility index (Phi) is 6.99. The summed E-state index contributed by atoms with van der Waals surface area (Å²) in [5.41, 5.74) is 19.4. The van der Waals surface area contributed by atoms with Crippen LogP contribution in [0.3, 0.4) is 0 Å². The van der Waals surface area contributed by atoms with E-state index in [1.165, 1.54) is 0 Å². The van der Waals surface area contributed by atoms with E-state index < -0.39 is 0 Å². The van der Waals surface area contributed by atoms with Crippen molar-refractivity contribution in [1.82, 2.24) is 9.97 Å². The minimum Gasteiger partial charge on any atom is -0.399 e. The summed E-state index contributed by atoms with van der Waals surface area (Å²) in [5.74, 6) is 0. The van der Waals surface area contributed by atoms with Crippen molar-refractivity contribution in [3.63, 3.8) is 0 Å². The number of pyridine rings is 2. The molecule has 0 saturated heterocycles. The van der Waals surface area contributed by atoms with Gasteiger partial charge in [-0.05, 0) is 59.2 Å². The molecule has 2 aromatic heterocycles. The van der Waals surface area contributed by atoms with Gasteiger partial charge in [-0.25, -0.2) is 0 Å². The van der Waals surface area contributed by atoms with Crippen LogP contribution in [0, 0.1) is 0 Å². The first-order valence-electron chi connectivity index (χ1n) is 8.33. The smallest absolute Gasteiger partial charge is 0.0786 e. The number of benzene rings is 2. The Morgan fingerprint density at radius 2 is 1.07 bits per heavy atom. The molecular weight excluding hydrogens is 391 g/mol. The Balaban J connectivity index is 0.00000140. The zero-order valence-electron chi connectivity index (χ0n) is 14.9. The molecule has 4 nitrogen and oxygen atoms in total. The number of hydrogen-bond donors (Lipinski definition) is 2. The summed E-state index contributed by atoms with van der Waals surface area (Å²) in [6.45, 7) is 0. The number of halogens is 2. The molecule has 0 fully saturated rings. The summed E-state index contributed by atoms with van der Waals surface area (Å²) in [4.78, 5) is 8.81. The molecule has 4 N–H and O–H groups in total. The molecule has 0 spiro atoms. The molecule has 0 aliphatic rings. The molecule has 4 rings (SSSR count). The van der Waals surface area contributed by atoms with Crippen molar-refractivity contribution in [3.8, 4) is 33.5 Å². The standard InChI is InChI=1S/C22H18N4.2ClH/c23-18-5-1-16(2-6-18)21-20(15-9-12-25-13-10-15)11-14-26-22(21)17-3-7-19(24)8-4-17;;/h1-14H,23-24H2;2*1H. The van der Waals surface area contributed by atoms with Crippen molar-refractivity contribution in [1.29, 1.82) is 0 Å². The minimum atomic E-state index is 0. The van der Waals surface area contributed by atoms with E-state index >= 15 is 0 Å². The van der Waals surface area contributed by atoms with Gasteiger partial charge in [-0.2, -0.15) is 0 Å². The fourth-order valence-electron chi connectivity index (χ4n) is 3.04. The molecule has 0 unspecified atom stereocenters. The highest BCUT2D eigenvalue weighted by atomic mass is 35.5. The predicted octanol–water partition coefficient (Wildman–Crippen LogP) is 5.49. The van der Waals surface area contributed by atoms with E-state index in [9.17, 15) is 0 Å². The second-order valence-electron chi connectivity index (χ2n) is 6.06. The monoisotopic (exact) mass is 410 g/mol. The molecule has 0 radical (unpaired) electrons. The van der Waals surface area contributed by atoms with Gasteiger partial charge in [-0.3, -0.25) is 9.97 Å². The summed E-state index contributed by atoms with van der Waals surface area (Å²) in [6.07, 6.45) is 5.43. The van der Waals surface area contributed by atoms with Gasteiger partial charge in [0.2, 0.25) is 0 Å². The number of hydrogen-bond acceptors (Lipinski definition) is 4. The van der Waals surface area contributed by atoms with Gasteiger partial charge < -0.3 is 11.5 Å². The average molecular weight is 411 g/mol. The van der Waals surface area contributed by atoms with Crippen LogP contribution in [0.4, 0.5) is 11.4 Å². The lowest BCUT2D eigenvalue weighted by atomic mass is 9.91. The van der Waals surface area contributed by atoms with Gasteiger partial charge in [-0.1, -0.05) is 24.3 Å². The van der Waals surface area contributed by atoms with Gasteiger partial charge in [0.05, 0.1) is 5.69 Å². The average Bonchev–Trinajstić information content (AvgIpc) is 2.69. The van der Waals surface area contributed by atoms with Crippen molar-refractivity contribution in [3.05, 3.63) is 85.3 Å². The van der Waals surface area contributed by atoms with Crippen LogP contribution in [-0.4, -0.2) is 9.97 Å². The molecule has 0 aliphatic heterocycles. The van der Waals surface area contributed by atoms with Crippen LogP contribution in [-0.2, 0) is 0 Å². The van der Waals surface area contributed by atoms with Crippen molar-refractivity contribution in [2.24, 2.45) is 0 Å². The molecule has 0 saturated carbocycles. The van der Waals surface area contributed by atoms with Crippen molar-refractivity contribution in [2.75, 3.05) is 11.5 Å². The van der Waals surface area contributed by atoms with Gasteiger partial charge in [0.1, 0.15) is 0 Å². The van der Waals surface area contributed by atoms with Crippen LogP contribution >= 0.6 is 24.8 Å².